The molecular weight excluding hydrogens is 264 g/mol. The highest BCUT2D eigenvalue weighted by Gasteiger charge is 1.99. The molecule has 21 heavy (non-hydrogen) atoms. The summed E-state index contributed by atoms with van der Waals surface area (Å²) in [7, 11) is 0. The monoisotopic (exact) mass is 294 g/mol. The molecule has 0 aliphatic heterocycles. The van der Waals surface area contributed by atoms with E-state index in [1.54, 1.807) is 0 Å². The summed E-state index contributed by atoms with van der Waals surface area (Å²) >= 11 is 0. The average molecular weight is 294 g/mol. The molecule has 0 radical (unpaired) electrons. The van der Waals surface area contributed by atoms with E-state index in [0.29, 0.717) is 0 Å². The molecule has 120 valence electrons. The van der Waals surface area contributed by atoms with Crippen LogP contribution in [0.4, 0.5) is 0 Å². The van der Waals surface area contributed by atoms with Crippen LogP contribution in [-0.2, 0) is 4.79 Å². The first-order chi connectivity index (χ1) is 10.2. The third kappa shape index (κ3) is 16.6. The van der Waals surface area contributed by atoms with Gasteiger partial charge in [0.25, 0.3) is 0 Å². The Morgan fingerprint density at radius 3 is 2.43 bits per heavy atom. The maximum Gasteiger partial charge on any atom is 0.303 e. The maximum absolute atomic E-state index is 10.3. The van der Waals surface area contributed by atoms with Crippen molar-refractivity contribution >= 4 is 5.97 Å². The number of carboxylic acids is 1. The molecule has 0 fully saturated rings. The van der Waals surface area contributed by atoms with E-state index in [9.17, 15) is 9.90 Å². The van der Waals surface area contributed by atoms with Crippen molar-refractivity contribution in [1.82, 2.24) is 0 Å². The molecule has 0 aromatic carbocycles. The lowest BCUT2D eigenvalue weighted by Gasteiger charge is -2.04. The van der Waals surface area contributed by atoms with Gasteiger partial charge < -0.3 is 10.2 Å². The second kappa shape index (κ2) is 15.0. The van der Waals surface area contributed by atoms with Crippen LogP contribution in [0.25, 0.3) is 0 Å². The van der Waals surface area contributed by atoms with Crippen molar-refractivity contribution in [1.29, 1.82) is 0 Å². The van der Waals surface area contributed by atoms with Gasteiger partial charge in [-0.15, -0.1) is 0 Å². The van der Waals surface area contributed by atoms with Crippen molar-refractivity contribution in [3.05, 3.63) is 36.5 Å². The maximum atomic E-state index is 10.3. The van der Waals surface area contributed by atoms with Gasteiger partial charge in [0.05, 0.1) is 6.10 Å². The summed E-state index contributed by atoms with van der Waals surface area (Å²) in [6.07, 6.45) is 19.5. The molecule has 0 aromatic heterocycles. The molecule has 0 saturated heterocycles. The molecular formula is C18H30O3. The van der Waals surface area contributed by atoms with Gasteiger partial charge in [0.1, 0.15) is 0 Å². The van der Waals surface area contributed by atoms with Gasteiger partial charge >= 0.3 is 5.97 Å². The van der Waals surface area contributed by atoms with Crippen LogP contribution in [0, 0.1) is 0 Å². The van der Waals surface area contributed by atoms with E-state index in [2.05, 4.69) is 25.2 Å². The third-order valence-electron chi connectivity index (χ3n) is 3.15. The van der Waals surface area contributed by atoms with Gasteiger partial charge in [-0.1, -0.05) is 69.1 Å². The smallest absolute Gasteiger partial charge is 0.303 e. The number of carbonyl (C=O) groups is 1. The van der Waals surface area contributed by atoms with Gasteiger partial charge in [-0.25, -0.2) is 0 Å². The number of aliphatic carboxylic acids is 1. The van der Waals surface area contributed by atoms with E-state index in [0.717, 1.165) is 51.4 Å². The number of hydrogen-bond donors (Lipinski definition) is 2. The number of carboxylic acid groups (broad SMARTS) is 1. The molecule has 0 saturated carbocycles. The molecule has 0 aromatic rings. The van der Waals surface area contributed by atoms with E-state index < -0.39 is 5.97 Å². The molecule has 3 nitrogen and oxygen atoms in total. The van der Waals surface area contributed by atoms with Crippen LogP contribution in [-0.4, -0.2) is 22.3 Å². The molecule has 0 aliphatic rings. The minimum Gasteiger partial charge on any atom is -0.481 e. The van der Waals surface area contributed by atoms with E-state index in [1.165, 1.54) is 0 Å². The fourth-order valence-electron chi connectivity index (χ4n) is 1.95. The van der Waals surface area contributed by atoms with Crippen LogP contribution >= 0.6 is 0 Å². The van der Waals surface area contributed by atoms with Crippen molar-refractivity contribution in [3.63, 3.8) is 0 Å². The van der Waals surface area contributed by atoms with Gasteiger partial charge in [0.15, 0.2) is 0 Å². The number of aliphatic hydroxyl groups is 1. The lowest BCUT2D eigenvalue weighted by atomic mass is 10.1. The molecule has 0 unspecified atom stereocenters. The Labute approximate surface area is 129 Å². The molecule has 1 atom stereocenters. The summed E-state index contributed by atoms with van der Waals surface area (Å²) in [5, 5.41) is 18.3. The number of aliphatic hydroxyl groups excluding tert-OH is 1. The molecule has 3 heteroatoms. The first-order valence-corrected chi connectivity index (χ1v) is 8.05. The van der Waals surface area contributed by atoms with Crippen molar-refractivity contribution in [2.75, 3.05) is 0 Å². The highest BCUT2D eigenvalue weighted by Crippen LogP contribution is 2.09. The second-order valence-corrected chi connectivity index (χ2v) is 5.20. The number of rotatable bonds is 13. The van der Waals surface area contributed by atoms with Crippen LogP contribution in [0.15, 0.2) is 36.5 Å². The average Bonchev–Trinajstić information content (AvgIpc) is 2.45. The lowest BCUT2D eigenvalue weighted by molar-refractivity contribution is -0.137. The van der Waals surface area contributed by atoms with Gasteiger partial charge in [0.2, 0.25) is 0 Å². The summed E-state index contributed by atoms with van der Waals surface area (Å²) in [6, 6.07) is 0. The molecule has 2 N–H and O–H groups in total. The van der Waals surface area contributed by atoms with Crippen LogP contribution in [0.1, 0.15) is 64.7 Å². The topological polar surface area (TPSA) is 57.5 Å². The first kappa shape index (κ1) is 19.7. The predicted molar refractivity (Wildman–Crippen MR) is 88.3 cm³/mol. The molecule has 0 rings (SSSR count). The normalized spacial score (nSPS) is 13.6. The van der Waals surface area contributed by atoms with Crippen molar-refractivity contribution in [2.45, 2.75) is 70.8 Å². The summed E-state index contributed by atoms with van der Waals surface area (Å²) in [5.41, 5.74) is 0. The molecule has 0 bridgehead atoms. The molecule has 0 aliphatic carbocycles. The van der Waals surface area contributed by atoms with Crippen LogP contribution in [0.3, 0.4) is 0 Å². The number of allylic oxidation sites excluding steroid dienone is 5. The van der Waals surface area contributed by atoms with Crippen LogP contribution < -0.4 is 0 Å². The zero-order chi connectivity index (χ0) is 15.8. The first-order valence-electron chi connectivity index (χ1n) is 8.05. The van der Waals surface area contributed by atoms with Crippen molar-refractivity contribution < 1.29 is 15.0 Å². The standard InChI is InChI=1S/C18H30O3/c1-2-3-4-5-6-8-11-14-17(19)15-12-9-7-10-13-16-18(20)21/h3-4,6,8,11,14,17,19H,2,5,7,9-10,12-13,15-16H2,1H3,(H,20,21)/b4-3-,8-6-,14-11-/t17-/m1/s1. The van der Waals surface area contributed by atoms with Crippen molar-refractivity contribution in [3.8, 4) is 0 Å². The van der Waals surface area contributed by atoms with Gasteiger partial charge in [-0.05, 0) is 25.7 Å². The molecule has 0 amide bonds. The minimum atomic E-state index is -0.714. The number of unbranched alkanes of at least 4 members (excludes halogenated alkanes) is 4. The summed E-state index contributed by atoms with van der Waals surface area (Å²) in [6.45, 7) is 2.11. The Balaban J connectivity index is 3.46. The number of hydrogen-bond acceptors (Lipinski definition) is 2. The fraction of sp³-hybridized carbons (Fsp3) is 0.611. The highest BCUT2D eigenvalue weighted by molar-refractivity contribution is 5.66. The van der Waals surface area contributed by atoms with E-state index in [4.69, 9.17) is 5.11 Å². The summed E-state index contributed by atoms with van der Waals surface area (Å²) < 4.78 is 0. The largest absolute Gasteiger partial charge is 0.481 e. The van der Waals surface area contributed by atoms with E-state index in [-0.39, 0.29) is 12.5 Å². The summed E-state index contributed by atoms with van der Waals surface area (Å²) in [5.74, 6) is -0.714. The Morgan fingerprint density at radius 1 is 1.00 bits per heavy atom. The van der Waals surface area contributed by atoms with E-state index >= 15 is 0 Å². The fourth-order valence-corrected chi connectivity index (χ4v) is 1.95. The third-order valence-corrected chi connectivity index (χ3v) is 3.15. The predicted octanol–water partition coefficient (Wildman–Crippen LogP) is 4.63. The second-order valence-electron chi connectivity index (χ2n) is 5.20. The quantitative estimate of drug-likeness (QED) is 0.296. The Bertz CT molecular complexity index is 329. The van der Waals surface area contributed by atoms with Gasteiger partial charge in [-0.3, -0.25) is 4.79 Å². The minimum absolute atomic E-state index is 0.269. The Kier molecular flexibility index (Phi) is 14.1. The molecule has 0 spiro atoms. The van der Waals surface area contributed by atoms with Crippen LogP contribution in [0.2, 0.25) is 0 Å². The Morgan fingerprint density at radius 2 is 1.71 bits per heavy atom. The highest BCUT2D eigenvalue weighted by atomic mass is 16.4. The van der Waals surface area contributed by atoms with Gasteiger partial charge in [0, 0.05) is 6.42 Å². The lowest BCUT2D eigenvalue weighted by Crippen LogP contribution is -2.01. The molecule has 0 heterocycles. The van der Waals surface area contributed by atoms with E-state index in [1.807, 2.05) is 18.2 Å². The zero-order valence-electron chi connectivity index (χ0n) is 13.2. The Hall–Kier alpha value is -1.35. The zero-order valence-corrected chi connectivity index (χ0v) is 13.2. The summed E-state index contributed by atoms with van der Waals surface area (Å²) in [4.78, 5) is 10.3. The van der Waals surface area contributed by atoms with Crippen molar-refractivity contribution in [2.24, 2.45) is 0 Å². The van der Waals surface area contributed by atoms with Gasteiger partial charge in [-0.2, -0.15) is 0 Å². The SMILES string of the molecule is CC/C=C\C/C=C\C=C/[C@@H](O)CCCCCCCC(=O)O. The van der Waals surface area contributed by atoms with Crippen LogP contribution in [0.5, 0.6) is 0 Å².